The summed E-state index contributed by atoms with van der Waals surface area (Å²) >= 11 is 1.57. The predicted octanol–water partition coefficient (Wildman–Crippen LogP) is 3.77. The van der Waals surface area contributed by atoms with E-state index in [0.717, 1.165) is 35.7 Å². The SMILES string of the molecule is Cc1cccc(-n2c(S[C@H](C)c3nc(C(C)C)no3)nnc2N2CCOCC2)c1. The highest BCUT2D eigenvalue weighted by atomic mass is 32.2. The Morgan fingerprint density at radius 1 is 1.10 bits per heavy atom. The molecule has 9 heteroatoms. The van der Waals surface area contributed by atoms with E-state index in [1.54, 1.807) is 11.8 Å². The van der Waals surface area contributed by atoms with Crippen LogP contribution in [0.25, 0.3) is 5.69 Å². The Labute approximate surface area is 174 Å². The van der Waals surface area contributed by atoms with E-state index in [1.165, 1.54) is 5.56 Å². The summed E-state index contributed by atoms with van der Waals surface area (Å²) in [6, 6.07) is 8.37. The predicted molar refractivity (Wildman–Crippen MR) is 112 cm³/mol. The van der Waals surface area contributed by atoms with Crippen molar-refractivity contribution in [3.8, 4) is 5.69 Å². The monoisotopic (exact) mass is 414 g/mol. The van der Waals surface area contributed by atoms with Gasteiger partial charge in [-0.2, -0.15) is 4.98 Å². The van der Waals surface area contributed by atoms with Crippen LogP contribution >= 0.6 is 11.8 Å². The van der Waals surface area contributed by atoms with Gasteiger partial charge in [-0.1, -0.05) is 42.9 Å². The minimum absolute atomic E-state index is 0.0414. The fourth-order valence-corrected chi connectivity index (χ4v) is 4.05. The maximum atomic E-state index is 5.50. The summed E-state index contributed by atoms with van der Waals surface area (Å²) in [4.78, 5) is 6.76. The highest BCUT2D eigenvalue weighted by Gasteiger charge is 2.25. The molecule has 154 valence electrons. The maximum absolute atomic E-state index is 5.50. The van der Waals surface area contributed by atoms with E-state index in [0.29, 0.717) is 19.1 Å². The molecule has 0 amide bonds. The Kier molecular flexibility index (Phi) is 5.86. The Morgan fingerprint density at radius 2 is 1.90 bits per heavy atom. The zero-order chi connectivity index (χ0) is 20.4. The normalized spacial score (nSPS) is 15.8. The van der Waals surface area contributed by atoms with Crippen LogP contribution in [-0.2, 0) is 4.74 Å². The Morgan fingerprint density at radius 3 is 2.59 bits per heavy atom. The van der Waals surface area contributed by atoms with Gasteiger partial charge >= 0.3 is 0 Å². The molecule has 1 aliphatic rings. The van der Waals surface area contributed by atoms with Gasteiger partial charge in [0.2, 0.25) is 11.8 Å². The number of thioether (sulfide) groups is 1. The molecule has 1 aliphatic heterocycles. The summed E-state index contributed by atoms with van der Waals surface area (Å²) in [6.07, 6.45) is 0. The second kappa shape index (κ2) is 8.54. The lowest BCUT2D eigenvalue weighted by atomic mass is 10.2. The summed E-state index contributed by atoms with van der Waals surface area (Å²) in [6.45, 7) is 11.2. The lowest BCUT2D eigenvalue weighted by molar-refractivity contribution is 0.122. The van der Waals surface area contributed by atoms with Crippen molar-refractivity contribution in [2.75, 3.05) is 31.2 Å². The number of ether oxygens (including phenoxy) is 1. The lowest BCUT2D eigenvalue weighted by Crippen LogP contribution is -2.37. The number of hydrogen-bond acceptors (Lipinski definition) is 8. The van der Waals surface area contributed by atoms with Crippen LogP contribution in [0.2, 0.25) is 0 Å². The fourth-order valence-electron chi connectivity index (χ4n) is 3.16. The van der Waals surface area contributed by atoms with E-state index in [2.05, 4.69) is 74.8 Å². The number of morpholine rings is 1. The van der Waals surface area contributed by atoms with Crippen LogP contribution in [0, 0.1) is 6.92 Å². The summed E-state index contributed by atoms with van der Waals surface area (Å²) in [7, 11) is 0. The molecule has 1 atom stereocenters. The molecule has 0 bridgehead atoms. The lowest BCUT2D eigenvalue weighted by Gasteiger charge is -2.28. The molecule has 0 spiro atoms. The van der Waals surface area contributed by atoms with Crippen LogP contribution < -0.4 is 4.90 Å². The van der Waals surface area contributed by atoms with Crippen LogP contribution in [-0.4, -0.2) is 51.2 Å². The zero-order valence-corrected chi connectivity index (χ0v) is 18.0. The first kappa shape index (κ1) is 19.9. The summed E-state index contributed by atoms with van der Waals surface area (Å²) in [5.41, 5.74) is 2.23. The number of anilines is 1. The van der Waals surface area contributed by atoms with E-state index < -0.39 is 0 Å². The molecule has 1 aromatic carbocycles. The highest BCUT2D eigenvalue weighted by molar-refractivity contribution is 7.99. The number of rotatable bonds is 6. The van der Waals surface area contributed by atoms with Crippen molar-refractivity contribution in [2.45, 2.75) is 44.0 Å². The van der Waals surface area contributed by atoms with Crippen molar-refractivity contribution >= 4 is 17.7 Å². The summed E-state index contributed by atoms with van der Waals surface area (Å²) in [5, 5.41) is 13.9. The van der Waals surface area contributed by atoms with Crippen LogP contribution in [0.4, 0.5) is 5.95 Å². The first-order chi connectivity index (χ1) is 14.0. The first-order valence-corrected chi connectivity index (χ1v) is 10.8. The molecule has 0 unspecified atom stereocenters. The third-order valence-electron chi connectivity index (χ3n) is 4.77. The number of aryl methyl sites for hydroxylation is 1. The standard InChI is InChI=1S/C20H26N6O2S/c1-13(2)17-21-18(28-24-17)15(4)29-20-23-22-19(25-8-10-27-11-9-25)26(20)16-7-5-6-14(3)12-16/h5-7,12-13,15H,8-11H2,1-4H3/t15-/m1/s1. The smallest absolute Gasteiger partial charge is 0.239 e. The van der Waals surface area contributed by atoms with Gasteiger partial charge in [0, 0.05) is 19.0 Å². The number of benzene rings is 1. The Bertz CT molecular complexity index is 964. The molecule has 1 saturated heterocycles. The van der Waals surface area contributed by atoms with Crippen molar-refractivity contribution in [1.82, 2.24) is 24.9 Å². The molecule has 4 rings (SSSR count). The molecule has 0 N–H and O–H groups in total. The van der Waals surface area contributed by atoms with E-state index in [9.17, 15) is 0 Å². The van der Waals surface area contributed by atoms with Crippen LogP contribution in [0.3, 0.4) is 0 Å². The second-order valence-corrected chi connectivity index (χ2v) is 8.77. The van der Waals surface area contributed by atoms with Gasteiger partial charge < -0.3 is 14.2 Å². The largest absolute Gasteiger partial charge is 0.378 e. The van der Waals surface area contributed by atoms with Crippen molar-refractivity contribution in [2.24, 2.45) is 0 Å². The molecular formula is C20H26N6O2S. The molecule has 3 aromatic rings. The zero-order valence-electron chi connectivity index (χ0n) is 17.2. The highest BCUT2D eigenvalue weighted by Crippen LogP contribution is 2.36. The van der Waals surface area contributed by atoms with Crippen molar-refractivity contribution < 1.29 is 9.26 Å². The second-order valence-electron chi connectivity index (χ2n) is 7.46. The topological polar surface area (TPSA) is 82.1 Å². The molecule has 29 heavy (non-hydrogen) atoms. The number of hydrogen-bond donors (Lipinski definition) is 0. The molecular weight excluding hydrogens is 388 g/mol. The van der Waals surface area contributed by atoms with Crippen molar-refractivity contribution in [1.29, 1.82) is 0 Å². The van der Waals surface area contributed by atoms with Gasteiger partial charge in [0.1, 0.15) is 0 Å². The third kappa shape index (κ3) is 4.30. The van der Waals surface area contributed by atoms with E-state index in [4.69, 9.17) is 9.26 Å². The molecule has 3 heterocycles. The van der Waals surface area contributed by atoms with Crippen LogP contribution in [0.15, 0.2) is 33.9 Å². The average Bonchev–Trinajstić information content (AvgIpc) is 3.36. The van der Waals surface area contributed by atoms with Crippen molar-refractivity contribution in [3.63, 3.8) is 0 Å². The molecule has 0 radical (unpaired) electrons. The Balaban J connectivity index is 1.67. The number of aromatic nitrogens is 5. The van der Waals surface area contributed by atoms with Crippen molar-refractivity contribution in [3.05, 3.63) is 41.5 Å². The molecule has 1 fully saturated rings. The molecule has 0 saturated carbocycles. The van der Waals surface area contributed by atoms with Crippen LogP contribution in [0.5, 0.6) is 0 Å². The van der Waals surface area contributed by atoms with Gasteiger partial charge in [-0.05, 0) is 31.5 Å². The molecule has 2 aromatic heterocycles. The molecule has 8 nitrogen and oxygen atoms in total. The van der Waals surface area contributed by atoms with Gasteiger partial charge in [-0.15, -0.1) is 10.2 Å². The van der Waals surface area contributed by atoms with Gasteiger partial charge in [0.25, 0.3) is 0 Å². The first-order valence-electron chi connectivity index (χ1n) is 9.88. The minimum atomic E-state index is -0.0414. The molecule has 0 aliphatic carbocycles. The fraction of sp³-hybridized carbons (Fsp3) is 0.500. The van der Waals surface area contributed by atoms with Gasteiger partial charge in [0.15, 0.2) is 11.0 Å². The van der Waals surface area contributed by atoms with Gasteiger partial charge in [-0.3, -0.25) is 4.57 Å². The average molecular weight is 415 g/mol. The third-order valence-corrected chi connectivity index (χ3v) is 5.80. The minimum Gasteiger partial charge on any atom is -0.378 e. The maximum Gasteiger partial charge on any atom is 0.239 e. The van der Waals surface area contributed by atoms with E-state index in [-0.39, 0.29) is 11.2 Å². The van der Waals surface area contributed by atoms with Crippen LogP contribution in [0.1, 0.15) is 49.2 Å². The van der Waals surface area contributed by atoms with Gasteiger partial charge in [0.05, 0.1) is 24.2 Å². The van der Waals surface area contributed by atoms with E-state index >= 15 is 0 Å². The quantitative estimate of drug-likeness (QED) is 0.564. The number of nitrogens with zero attached hydrogens (tertiary/aromatic N) is 6. The summed E-state index contributed by atoms with van der Waals surface area (Å²) < 4.78 is 13.1. The van der Waals surface area contributed by atoms with E-state index in [1.807, 2.05) is 6.92 Å². The Hall–Kier alpha value is -2.39. The summed E-state index contributed by atoms with van der Waals surface area (Å²) in [5.74, 6) is 2.39. The van der Waals surface area contributed by atoms with Gasteiger partial charge in [-0.25, -0.2) is 0 Å².